The molecule has 0 N–H and O–H groups in total. The average Bonchev–Trinajstić information content (AvgIpc) is 3.10. The van der Waals surface area contributed by atoms with Crippen molar-refractivity contribution in [1.82, 2.24) is 9.99 Å². The highest BCUT2D eigenvalue weighted by atomic mass is 16.5. The van der Waals surface area contributed by atoms with Gasteiger partial charge >= 0.3 is 0 Å². The second-order valence-electron chi connectivity index (χ2n) is 6.55. The molecule has 2 aromatic rings. The van der Waals surface area contributed by atoms with Gasteiger partial charge < -0.3 is 9.47 Å². The van der Waals surface area contributed by atoms with Gasteiger partial charge in [0.1, 0.15) is 5.75 Å². The van der Waals surface area contributed by atoms with Crippen LogP contribution in [0.4, 0.5) is 0 Å². The molecule has 1 aromatic carbocycles. The van der Waals surface area contributed by atoms with E-state index in [2.05, 4.69) is 28.2 Å². The molecule has 1 saturated heterocycles. The minimum absolute atomic E-state index is 0.233. The molecule has 0 saturated carbocycles. The van der Waals surface area contributed by atoms with Gasteiger partial charge in [-0.3, -0.25) is 4.98 Å². The fourth-order valence-electron chi connectivity index (χ4n) is 3.97. The van der Waals surface area contributed by atoms with Gasteiger partial charge in [0.25, 0.3) is 0 Å². The molecular weight excluding hydrogens is 302 g/mol. The molecule has 0 aliphatic carbocycles. The van der Waals surface area contributed by atoms with Crippen LogP contribution in [-0.4, -0.2) is 34.6 Å². The molecule has 1 atom stereocenters. The van der Waals surface area contributed by atoms with Crippen molar-refractivity contribution >= 4 is 5.71 Å². The molecule has 1 spiro atoms. The maximum Gasteiger partial charge on any atom is 0.202 e. The van der Waals surface area contributed by atoms with Gasteiger partial charge in [-0.25, -0.2) is 5.01 Å². The highest BCUT2D eigenvalue weighted by Crippen LogP contribution is 2.49. The fraction of sp³-hybridized carbons (Fsp3) is 0.368. The molecule has 1 aromatic heterocycles. The van der Waals surface area contributed by atoms with Gasteiger partial charge in [-0.05, 0) is 18.2 Å². The number of ether oxygens (including phenoxy) is 2. The van der Waals surface area contributed by atoms with Crippen molar-refractivity contribution in [1.29, 1.82) is 0 Å². The minimum atomic E-state index is -0.383. The summed E-state index contributed by atoms with van der Waals surface area (Å²) < 4.78 is 12.1. The molecule has 0 amide bonds. The Kier molecular flexibility index (Phi) is 3.10. The molecule has 0 radical (unpaired) electrons. The standard InChI is InChI=1S/C19H19N3O2/c1-2-4-18-15(3-1)17-13-16(14-5-9-20-10-6-14)21-22(17)19(24-18)7-11-23-12-8-19/h1-6,9-10,17H,7-8,11-13H2. The van der Waals surface area contributed by atoms with E-state index in [-0.39, 0.29) is 11.8 Å². The number of benzene rings is 1. The van der Waals surface area contributed by atoms with Crippen LogP contribution in [0, 0.1) is 0 Å². The van der Waals surface area contributed by atoms with Gasteiger partial charge in [0, 0.05) is 42.8 Å². The zero-order valence-corrected chi connectivity index (χ0v) is 13.4. The van der Waals surface area contributed by atoms with Gasteiger partial charge in [-0.15, -0.1) is 0 Å². The van der Waals surface area contributed by atoms with Crippen LogP contribution in [0.25, 0.3) is 0 Å². The van der Waals surface area contributed by atoms with Crippen LogP contribution >= 0.6 is 0 Å². The Bertz CT molecular complexity index is 784. The van der Waals surface area contributed by atoms with E-state index in [1.807, 2.05) is 30.6 Å². The second kappa shape index (κ2) is 5.31. The molecule has 1 fully saturated rings. The summed E-state index contributed by atoms with van der Waals surface area (Å²) in [4.78, 5) is 4.12. The topological polar surface area (TPSA) is 47.0 Å². The van der Waals surface area contributed by atoms with E-state index in [9.17, 15) is 0 Å². The SMILES string of the molecule is c1ccc2c(c1)OC1(CCOCC1)N1N=C(c3ccncc3)CC21. The third-order valence-electron chi connectivity index (χ3n) is 5.19. The first kappa shape index (κ1) is 14.0. The molecule has 122 valence electrons. The van der Waals surface area contributed by atoms with E-state index in [1.54, 1.807) is 0 Å². The number of fused-ring (bicyclic) bond motifs is 4. The molecule has 0 bridgehead atoms. The quantitative estimate of drug-likeness (QED) is 0.809. The summed E-state index contributed by atoms with van der Waals surface area (Å²) in [5.41, 5.74) is 3.08. The van der Waals surface area contributed by atoms with E-state index in [1.165, 1.54) is 5.56 Å². The van der Waals surface area contributed by atoms with Crippen LogP contribution in [0.1, 0.15) is 36.4 Å². The third kappa shape index (κ3) is 2.04. The Morgan fingerprint density at radius 1 is 1.04 bits per heavy atom. The molecule has 3 aliphatic rings. The first-order chi connectivity index (χ1) is 11.9. The largest absolute Gasteiger partial charge is 0.466 e. The number of hydrazone groups is 1. The van der Waals surface area contributed by atoms with Crippen LogP contribution in [0.3, 0.4) is 0 Å². The first-order valence-corrected chi connectivity index (χ1v) is 8.49. The van der Waals surface area contributed by atoms with Crippen LogP contribution in [0.2, 0.25) is 0 Å². The molecule has 1 unspecified atom stereocenters. The summed E-state index contributed by atoms with van der Waals surface area (Å²) in [7, 11) is 0. The van der Waals surface area contributed by atoms with Crippen LogP contribution in [-0.2, 0) is 4.74 Å². The van der Waals surface area contributed by atoms with E-state index >= 15 is 0 Å². The Morgan fingerprint density at radius 3 is 2.67 bits per heavy atom. The minimum Gasteiger partial charge on any atom is -0.466 e. The number of hydrogen-bond donors (Lipinski definition) is 0. The highest BCUT2D eigenvalue weighted by Gasteiger charge is 2.51. The van der Waals surface area contributed by atoms with Crippen LogP contribution < -0.4 is 4.74 Å². The summed E-state index contributed by atoms with van der Waals surface area (Å²) in [6.45, 7) is 1.43. The van der Waals surface area contributed by atoms with Crippen molar-refractivity contribution in [2.24, 2.45) is 5.10 Å². The predicted molar refractivity (Wildman–Crippen MR) is 89.8 cm³/mol. The lowest BCUT2D eigenvalue weighted by atomic mass is 9.92. The average molecular weight is 321 g/mol. The van der Waals surface area contributed by atoms with Crippen molar-refractivity contribution in [2.75, 3.05) is 13.2 Å². The van der Waals surface area contributed by atoms with Gasteiger partial charge in [-0.2, -0.15) is 5.10 Å². The highest BCUT2D eigenvalue weighted by molar-refractivity contribution is 6.01. The zero-order chi connectivity index (χ0) is 16.0. The summed E-state index contributed by atoms with van der Waals surface area (Å²) in [6.07, 6.45) is 6.22. The van der Waals surface area contributed by atoms with Crippen LogP contribution in [0.5, 0.6) is 5.75 Å². The molecule has 5 rings (SSSR count). The molecule has 3 aliphatic heterocycles. The normalized spacial score (nSPS) is 24.1. The van der Waals surface area contributed by atoms with Crippen molar-refractivity contribution in [3.05, 3.63) is 59.9 Å². The summed E-state index contributed by atoms with van der Waals surface area (Å²) in [5, 5.41) is 7.20. The maximum atomic E-state index is 6.49. The van der Waals surface area contributed by atoms with Gasteiger partial charge in [0.15, 0.2) is 0 Å². The Hall–Kier alpha value is -2.40. The van der Waals surface area contributed by atoms with Crippen molar-refractivity contribution in [3.8, 4) is 5.75 Å². The van der Waals surface area contributed by atoms with Crippen molar-refractivity contribution in [3.63, 3.8) is 0 Å². The number of hydrogen-bond acceptors (Lipinski definition) is 5. The van der Waals surface area contributed by atoms with E-state index in [0.29, 0.717) is 13.2 Å². The molecular formula is C19H19N3O2. The molecule has 5 heteroatoms. The number of rotatable bonds is 1. The van der Waals surface area contributed by atoms with Crippen LogP contribution in [0.15, 0.2) is 53.9 Å². The van der Waals surface area contributed by atoms with Gasteiger partial charge in [0.05, 0.1) is 25.0 Å². The summed E-state index contributed by atoms with van der Waals surface area (Å²) in [6, 6.07) is 12.6. The Morgan fingerprint density at radius 2 is 1.83 bits per heavy atom. The van der Waals surface area contributed by atoms with E-state index in [0.717, 1.165) is 36.3 Å². The first-order valence-electron chi connectivity index (χ1n) is 8.49. The fourth-order valence-corrected chi connectivity index (χ4v) is 3.97. The summed E-state index contributed by atoms with van der Waals surface area (Å²) in [5.74, 6) is 0.992. The van der Waals surface area contributed by atoms with E-state index < -0.39 is 0 Å². The zero-order valence-electron chi connectivity index (χ0n) is 13.4. The van der Waals surface area contributed by atoms with E-state index in [4.69, 9.17) is 14.6 Å². The lowest BCUT2D eigenvalue weighted by Crippen LogP contribution is -2.56. The molecule has 24 heavy (non-hydrogen) atoms. The number of pyridine rings is 1. The number of nitrogens with zero attached hydrogens (tertiary/aromatic N) is 3. The van der Waals surface area contributed by atoms with Crippen molar-refractivity contribution in [2.45, 2.75) is 31.0 Å². The summed E-state index contributed by atoms with van der Waals surface area (Å²) >= 11 is 0. The Labute approximate surface area is 140 Å². The van der Waals surface area contributed by atoms with Crippen molar-refractivity contribution < 1.29 is 9.47 Å². The van der Waals surface area contributed by atoms with Gasteiger partial charge in [0.2, 0.25) is 5.72 Å². The lowest BCUT2D eigenvalue weighted by molar-refractivity contribution is -0.169. The molecule has 5 nitrogen and oxygen atoms in total. The predicted octanol–water partition coefficient (Wildman–Crippen LogP) is 3.13. The number of para-hydroxylation sites is 1. The smallest absolute Gasteiger partial charge is 0.202 e. The van der Waals surface area contributed by atoms with Gasteiger partial charge in [-0.1, -0.05) is 18.2 Å². The maximum absolute atomic E-state index is 6.49. The Balaban J connectivity index is 1.61. The lowest BCUT2D eigenvalue weighted by Gasteiger charge is -2.49. The number of aromatic nitrogens is 1. The monoisotopic (exact) mass is 321 g/mol. The second-order valence-corrected chi connectivity index (χ2v) is 6.55. The third-order valence-corrected chi connectivity index (χ3v) is 5.19. The molecule has 4 heterocycles.